The molecule has 1 aromatic heterocycles. The maximum absolute atomic E-state index is 6.97. The highest BCUT2D eigenvalue weighted by atomic mass is 16.3. The summed E-state index contributed by atoms with van der Waals surface area (Å²) in [4.78, 5) is 2.40. The lowest BCUT2D eigenvalue weighted by molar-refractivity contribution is 0.660. The first-order valence-corrected chi connectivity index (χ1v) is 16.3. The molecule has 0 saturated heterocycles. The second-order valence-electron chi connectivity index (χ2n) is 12.9. The number of rotatable bonds is 5. The topological polar surface area (TPSA) is 16.4 Å². The predicted molar refractivity (Wildman–Crippen MR) is 197 cm³/mol. The highest BCUT2D eigenvalue weighted by Crippen LogP contribution is 2.55. The van der Waals surface area contributed by atoms with Crippen LogP contribution in [0.25, 0.3) is 55.3 Å². The Morgan fingerprint density at radius 3 is 1.74 bits per heavy atom. The number of para-hydroxylation sites is 2. The maximum atomic E-state index is 6.97. The normalized spacial score (nSPS) is 13.1. The van der Waals surface area contributed by atoms with Gasteiger partial charge in [0.2, 0.25) is 0 Å². The van der Waals surface area contributed by atoms with Crippen LogP contribution in [0.15, 0.2) is 168 Å². The van der Waals surface area contributed by atoms with E-state index in [1.807, 2.05) is 0 Å². The molecule has 0 radical (unpaired) electrons. The van der Waals surface area contributed by atoms with Gasteiger partial charge in [-0.15, -0.1) is 0 Å². The molecule has 47 heavy (non-hydrogen) atoms. The van der Waals surface area contributed by atoms with Crippen molar-refractivity contribution >= 4 is 39.0 Å². The van der Waals surface area contributed by atoms with Gasteiger partial charge in [0.25, 0.3) is 0 Å². The molecule has 0 saturated carbocycles. The Bertz CT molecular complexity index is 2420. The average molecular weight is 604 g/mol. The number of anilines is 3. The van der Waals surface area contributed by atoms with Gasteiger partial charge in [-0.1, -0.05) is 153 Å². The van der Waals surface area contributed by atoms with Crippen molar-refractivity contribution in [1.82, 2.24) is 0 Å². The number of benzene rings is 7. The molecule has 8 aromatic rings. The second-order valence-corrected chi connectivity index (χ2v) is 12.9. The Morgan fingerprint density at radius 2 is 0.979 bits per heavy atom. The van der Waals surface area contributed by atoms with Gasteiger partial charge in [0.1, 0.15) is 5.58 Å². The van der Waals surface area contributed by atoms with Gasteiger partial charge in [0.05, 0.1) is 11.4 Å². The maximum Gasteiger partial charge on any atom is 0.159 e. The molecule has 9 rings (SSSR count). The molecular formula is C45H33NO. The number of hydrogen-bond acceptors (Lipinski definition) is 2. The van der Waals surface area contributed by atoms with Crippen LogP contribution in [-0.2, 0) is 5.41 Å². The number of furan rings is 1. The third kappa shape index (κ3) is 4.26. The van der Waals surface area contributed by atoms with Crippen LogP contribution < -0.4 is 4.90 Å². The van der Waals surface area contributed by atoms with Gasteiger partial charge >= 0.3 is 0 Å². The van der Waals surface area contributed by atoms with Crippen molar-refractivity contribution in [2.75, 3.05) is 4.90 Å². The highest BCUT2D eigenvalue weighted by Gasteiger charge is 2.38. The van der Waals surface area contributed by atoms with E-state index in [1.165, 1.54) is 33.4 Å². The molecule has 1 aliphatic carbocycles. The fourth-order valence-electron chi connectivity index (χ4n) is 7.59. The summed E-state index contributed by atoms with van der Waals surface area (Å²) >= 11 is 0. The molecule has 0 fully saturated rings. The molecule has 0 aliphatic heterocycles. The molecular weight excluding hydrogens is 571 g/mol. The molecule has 2 nitrogen and oxygen atoms in total. The van der Waals surface area contributed by atoms with Crippen LogP contribution in [0.5, 0.6) is 0 Å². The molecule has 2 heteroatoms. The van der Waals surface area contributed by atoms with Gasteiger partial charge in [-0.05, 0) is 57.6 Å². The van der Waals surface area contributed by atoms with Crippen LogP contribution in [0, 0.1) is 0 Å². The number of nitrogens with zero attached hydrogens (tertiary/aromatic N) is 1. The van der Waals surface area contributed by atoms with Crippen molar-refractivity contribution < 1.29 is 4.42 Å². The minimum absolute atomic E-state index is 0.110. The van der Waals surface area contributed by atoms with Crippen LogP contribution in [0.1, 0.15) is 25.0 Å². The van der Waals surface area contributed by atoms with E-state index in [0.717, 1.165) is 50.1 Å². The van der Waals surface area contributed by atoms with Crippen molar-refractivity contribution in [1.29, 1.82) is 0 Å². The summed E-state index contributed by atoms with van der Waals surface area (Å²) in [5, 5.41) is 2.22. The molecule has 0 N–H and O–H groups in total. The minimum Gasteiger partial charge on any atom is -0.453 e. The van der Waals surface area contributed by atoms with Crippen LogP contribution in [-0.4, -0.2) is 0 Å². The lowest BCUT2D eigenvalue weighted by Gasteiger charge is -2.29. The molecule has 0 unspecified atom stereocenters. The average Bonchev–Trinajstić information content (AvgIpc) is 3.63. The Labute approximate surface area is 275 Å². The monoisotopic (exact) mass is 603 g/mol. The van der Waals surface area contributed by atoms with E-state index in [9.17, 15) is 0 Å². The van der Waals surface area contributed by atoms with Gasteiger partial charge in [0, 0.05) is 33.0 Å². The Balaban J connectivity index is 1.32. The minimum atomic E-state index is -0.110. The van der Waals surface area contributed by atoms with Crippen LogP contribution in [0.4, 0.5) is 17.1 Å². The quantitative estimate of drug-likeness (QED) is 0.195. The summed E-state index contributed by atoms with van der Waals surface area (Å²) in [7, 11) is 0. The Morgan fingerprint density at radius 1 is 0.426 bits per heavy atom. The lowest BCUT2D eigenvalue weighted by atomic mass is 9.82. The zero-order valence-corrected chi connectivity index (χ0v) is 26.4. The fourth-order valence-corrected chi connectivity index (χ4v) is 7.59. The van der Waals surface area contributed by atoms with Crippen molar-refractivity contribution in [2.45, 2.75) is 19.3 Å². The van der Waals surface area contributed by atoms with Gasteiger partial charge in [0.15, 0.2) is 5.58 Å². The third-order valence-electron chi connectivity index (χ3n) is 9.89. The smallest absolute Gasteiger partial charge is 0.159 e. The molecule has 0 bridgehead atoms. The van der Waals surface area contributed by atoms with Crippen molar-refractivity contribution in [3.05, 3.63) is 175 Å². The molecule has 1 aliphatic rings. The summed E-state index contributed by atoms with van der Waals surface area (Å²) in [5.41, 5.74) is 14.8. The van der Waals surface area contributed by atoms with E-state index >= 15 is 0 Å². The first-order valence-electron chi connectivity index (χ1n) is 16.3. The van der Waals surface area contributed by atoms with Crippen molar-refractivity contribution in [3.63, 3.8) is 0 Å². The Kier molecular flexibility index (Phi) is 6.20. The zero-order valence-electron chi connectivity index (χ0n) is 26.4. The first kappa shape index (κ1) is 27.5. The molecule has 1 heterocycles. The first-order chi connectivity index (χ1) is 23.1. The molecule has 7 aromatic carbocycles. The standard InChI is InChI=1S/C45H33NO/c1-45(2)38-22-10-9-18-37(38)42-39(45)23-13-24-40(42)46(33-28-26-31(27-29-33)30-14-5-3-6-15-30)41-25-12-21-36-35-20-11-19-34(43(35)47-44(36)41)32-16-7-4-8-17-32/h3-29H,1-2H3. The predicted octanol–water partition coefficient (Wildman–Crippen LogP) is 12.7. The number of hydrogen-bond donors (Lipinski definition) is 0. The summed E-state index contributed by atoms with van der Waals surface area (Å²) in [6.45, 7) is 4.68. The third-order valence-corrected chi connectivity index (χ3v) is 9.89. The van der Waals surface area contributed by atoms with Crippen molar-refractivity contribution in [3.8, 4) is 33.4 Å². The summed E-state index contributed by atoms with van der Waals surface area (Å²) < 4.78 is 6.97. The molecule has 0 amide bonds. The zero-order chi connectivity index (χ0) is 31.5. The molecule has 224 valence electrons. The fraction of sp³-hybridized carbons (Fsp3) is 0.0667. The largest absolute Gasteiger partial charge is 0.453 e. The highest BCUT2D eigenvalue weighted by molar-refractivity contribution is 6.14. The summed E-state index contributed by atoms with van der Waals surface area (Å²) in [6, 6.07) is 58.7. The van der Waals surface area contributed by atoms with E-state index in [2.05, 4.69) is 183 Å². The van der Waals surface area contributed by atoms with Crippen LogP contribution in [0.2, 0.25) is 0 Å². The van der Waals surface area contributed by atoms with Crippen molar-refractivity contribution in [2.24, 2.45) is 0 Å². The molecule has 0 atom stereocenters. The molecule has 0 spiro atoms. The SMILES string of the molecule is CC1(C)c2ccccc2-c2c(N(c3ccc(-c4ccccc4)cc3)c3cccc4c3oc3c(-c5ccccc5)cccc34)cccc21. The van der Waals surface area contributed by atoms with E-state index in [-0.39, 0.29) is 5.41 Å². The summed E-state index contributed by atoms with van der Waals surface area (Å²) in [6.07, 6.45) is 0. The van der Waals surface area contributed by atoms with E-state index < -0.39 is 0 Å². The van der Waals surface area contributed by atoms with Gasteiger partial charge in [-0.25, -0.2) is 0 Å². The second kappa shape index (κ2) is 10.6. The number of fused-ring (bicyclic) bond motifs is 6. The van der Waals surface area contributed by atoms with E-state index in [4.69, 9.17) is 4.42 Å². The van der Waals surface area contributed by atoms with Gasteiger partial charge < -0.3 is 9.32 Å². The van der Waals surface area contributed by atoms with E-state index in [1.54, 1.807) is 0 Å². The lowest BCUT2D eigenvalue weighted by Crippen LogP contribution is -2.16. The van der Waals surface area contributed by atoms with Gasteiger partial charge in [-0.3, -0.25) is 0 Å². The van der Waals surface area contributed by atoms with Gasteiger partial charge in [-0.2, -0.15) is 0 Å². The van der Waals surface area contributed by atoms with Crippen LogP contribution >= 0.6 is 0 Å². The van der Waals surface area contributed by atoms with E-state index in [0.29, 0.717) is 0 Å². The summed E-state index contributed by atoms with van der Waals surface area (Å²) in [5.74, 6) is 0. The Hall–Kier alpha value is -5.86. The van der Waals surface area contributed by atoms with Crippen LogP contribution in [0.3, 0.4) is 0 Å².